The zero-order valence-corrected chi connectivity index (χ0v) is 19.2. The highest BCUT2D eigenvalue weighted by atomic mass is 28.4. The summed E-state index contributed by atoms with van der Waals surface area (Å²) in [6.07, 6.45) is -1.49. The molecule has 1 aliphatic heterocycles. The van der Waals surface area contributed by atoms with Gasteiger partial charge in [-0.2, -0.15) is 0 Å². The Hall–Kier alpha value is -0.698. The van der Waals surface area contributed by atoms with Gasteiger partial charge in [0, 0.05) is 6.42 Å². The van der Waals surface area contributed by atoms with Crippen molar-refractivity contribution in [3.63, 3.8) is 0 Å². The highest BCUT2D eigenvalue weighted by Crippen LogP contribution is 2.45. The molecule has 0 saturated carbocycles. The van der Waals surface area contributed by atoms with Crippen LogP contribution in [-0.2, 0) is 23.5 Å². The number of hydrogen-bond donors (Lipinski definition) is 1. The summed E-state index contributed by atoms with van der Waals surface area (Å²) >= 11 is 0. The van der Waals surface area contributed by atoms with E-state index in [9.17, 15) is 14.7 Å². The van der Waals surface area contributed by atoms with E-state index in [1.165, 1.54) is 6.92 Å². The Labute approximate surface area is 165 Å². The summed E-state index contributed by atoms with van der Waals surface area (Å²) < 4.78 is 18.3. The number of aliphatic hydroxyl groups is 1. The molecular formula is C19H37BO6Si. The van der Waals surface area contributed by atoms with E-state index in [4.69, 9.17) is 13.9 Å². The largest absolute Gasteiger partial charge is 0.457 e. The number of aliphatic hydroxyl groups excluding tert-OH is 1. The Kier molecular flexibility index (Phi) is 9.18. The summed E-state index contributed by atoms with van der Waals surface area (Å²) in [5.41, 5.74) is 1.14. The molecule has 1 heterocycles. The van der Waals surface area contributed by atoms with E-state index >= 15 is 0 Å². The van der Waals surface area contributed by atoms with Crippen molar-refractivity contribution in [1.29, 1.82) is 0 Å². The van der Waals surface area contributed by atoms with Gasteiger partial charge in [0.1, 0.15) is 25.8 Å². The predicted octanol–water partition coefficient (Wildman–Crippen LogP) is 2.18. The van der Waals surface area contributed by atoms with Crippen LogP contribution < -0.4 is 0 Å². The van der Waals surface area contributed by atoms with Gasteiger partial charge in [-0.15, -0.1) is 0 Å². The number of carbonyl (C=O) groups is 2. The van der Waals surface area contributed by atoms with Crippen LogP contribution in [0.25, 0.3) is 0 Å². The normalized spacial score (nSPS) is 26.2. The topological polar surface area (TPSA) is 82.1 Å². The standard InChI is InChI=1S/C19H37BO6Si/c1-11(2)27(12(3)4,13(5)6)26-18-17(15(10-21)24-19(18)20)25-16(23)9-8-14(7)22/h11-13,15,17-19,21H,8-10,20H2,1-7H3/t15-,17+,18?,19-/m1/s1. The van der Waals surface area contributed by atoms with E-state index in [0.29, 0.717) is 16.6 Å². The van der Waals surface area contributed by atoms with Gasteiger partial charge in [-0.1, -0.05) is 41.5 Å². The third-order valence-electron chi connectivity index (χ3n) is 5.72. The van der Waals surface area contributed by atoms with E-state index in [0.717, 1.165) is 0 Å². The molecule has 8 heteroatoms. The average Bonchev–Trinajstić information content (AvgIpc) is 2.84. The minimum Gasteiger partial charge on any atom is -0.457 e. The highest BCUT2D eigenvalue weighted by Gasteiger charge is 2.53. The molecule has 1 aliphatic rings. The van der Waals surface area contributed by atoms with Gasteiger partial charge < -0.3 is 23.8 Å². The summed E-state index contributed by atoms with van der Waals surface area (Å²) in [6.45, 7) is 14.4. The fourth-order valence-electron chi connectivity index (χ4n) is 4.49. The Morgan fingerprint density at radius 3 is 1.96 bits per heavy atom. The number of esters is 1. The zero-order valence-electron chi connectivity index (χ0n) is 18.2. The molecule has 1 unspecified atom stereocenters. The maximum absolute atomic E-state index is 12.2. The molecule has 0 radical (unpaired) electrons. The molecule has 6 nitrogen and oxygen atoms in total. The fraction of sp³-hybridized carbons (Fsp3) is 0.895. The SMILES string of the molecule is B[C@@H]1O[C@H](CO)[C@H](OC(=O)CCC(C)=O)C1O[Si](C(C)C)(C(C)C)C(C)C. The van der Waals surface area contributed by atoms with Crippen LogP contribution in [0.2, 0.25) is 16.6 Å². The minimum absolute atomic E-state index is 0.0339. The maximum Gasteiger partial charge on any atom is 0.306 e. The fourth-order valence-corrected chi connectivity index (χ4v) is 10.1. The first-order chi connectivity index (χ1) is 12.5. The van der Waals surface area contributed by atoms with Gasteiger partial charge in [-0.05, 0) is 23.5 Å². The molecule has 1 rings (SSSR count). The summed E-state index contributed by atoms with van der Waals surface area (Å²) in [7, 11) is -0.313. The van der Waals surface area contributed by atoms with Gasteiger partial charge in [-0.25, -0.2) is 0 Å². The monoisotopic (exact) mass is 400 g/mol. The third-order valence-corrected chi connectivity index (χ3v) is 11.8. The smallest absolute Gasteiger partial charge is 0.306 e. The lowest BCUT2D eigenvalue weighted by Gasteiger charge is -2.45. The first kappa shape index (κ1) is 24.3. The van der Waals surface area contributed by atoms with E-state index in [1.807, 2.05) is 7.85 Å². The van der Waals surface area contributed by atoms with Gasteiger partial charge in [-0.3, -0.25) is 4.79 Å². The van der Waals surface area contributed by atoms with E-state index in [1.54, 1.807) is 0 Å². The Bertz CT molecular complexity index is 489. The second kappa shape index (κ2) is 10.2. The molecule has 0 amide bonds. The van der Waals surface area contributed by atoms with Crippen molar-refractivity contribution in [3.05, 3.63) is 0 Å². The van der Waals surface area contributed by atoms with Crippen LogP contribution in [0.1, 0.15) is 61.3 Å². The average molecular weight is 400 g/mol. The number of hydrogen-bond acceptors (Lipinski definition) is 6. The van der Waals surface area contributed by atoms with E-state index in [-0.39, 0.29) is 31.2 Å². The van der Waals surface area contributed by atoms with Gasteiger partial charge in [0.2, 0.25) is 8.32 Å². The first-order valence-corrected chi connectivity index (χ1v) is 12.2. The van der Waals surface area contributed by atoms with Gasteiger partial charge in [0.05, 0.1) is 19.0 Å². The molecule has 27 heavy (non-hydrogen) atoms. The molecular weight excluding hydrogens is 363 g/mol. The van der Waals surface area contributed by atoms with Crippen LogP contribution in [0.15, 0.2) is 0 Å². The molecule has 0 aromatic carbocycles. The van der Waals surface area contributed by atoms with Gasteiger partial charge in [0.25, 0.3) is 0 Å². The molecule has 0 bridgehead atoms. The van der Waals surface area contributed by atoms with Crippen molar-refractivity contribution in [2.75, 3.05) is 6.61 Å². The van der Waals surface area contributed by atoms with Crippen molar-refractivity contribution < 1.29 is 28.6 Å². The lowest BCUT2D eigenvalue weighted by Crippen LogP contribution is -2.54. The maximum atomic E-state index is 12.2. The molecule has 0 aromatic heterocycles. The number of ether oxygens (including phenoxy) is 2. The lowest BCUT2D eigenvalue weighted by atomic mass is 9.93. The summed E-state index contributed by atoms with van der Waals surface area (Å²) in [5, 5.41) is 9.71. The van der Waals surface area contributed by atoms with Gasteiger partial charge >= 0.3 is 5.97 Å². The zero-order chi connectivity index (χ0) is 20.9. The van der Waals surface area contributed by atoms with Gasteiger partial charge in [0.15, 0.2) is 6.10 Å². The van der Waals surface area contributed by atoms with Crippen molar-refractivity contribution in [1.82, 2.24) is 0 Å². The summed E-state index contributed by atoms with van der Waals surface area (Å²) in [4.78, 5) is 23.4. The van der Waals surface area contributed by atoms with Crippen LogP contribution in [0.3, 0.4) is 0 Å². The lowest BCUT2D eigenvalue weighted by molar-refractivity contribution is -0.156. The minimum atomic E-state index is -2.21. The van der Waals surface area contributed by atoms with E-state index < -0.39 is 32.6 Å². The molecule has 0 spiro atoms. The molecule has 1 saturated heterocycles. The highest BCUT2D eigenvalue weighted by molar-refractivity contribution is 6.77. The number of carbonyl (C=O) groups excluding carboxylic acids is 2. The van der Waals surface area contributed by atoms with Crippen LogP contribution in [-0.4, -0.2) is 63.9 Å². The van der Waals surface area contributed by atoms with Crippen LogP contribution in [0.4, 0.5) is 0 Å². The molecule has 0 aromatic rings. The molecule has 0 aliphatic carbocycles. The first-order valence-electron chi connectivity index (χ1n) is 10.1. The summed E-state index contributed by atoms with van der Waals surface area (Å²) in [6, 6.07) is -0.282. The Morgan fingerprint density at radius 1 is 1.04 bits per heavy atom. The molecule has 156 valence electrons. The quantitative estimate of drug-likeness (QED) is 0.447. The number of rotatable bonds is 10. The molecule has 4 atom stereocenters. The van der Waals surface area contributed by atoms with E-state index in [2.05, 4.69) is 41.5 Å². The van der Waals surface area contributed by atoms with Crippen molar-refractivity contribution in [3.8, 4) is 0 Å². The van der Waals surface area contributed by atoms with Crippen LogP contribution >= 0.6 is 0 Å². The number of Topliss-reactive ketones (excluding diaryl/α,β-unsaturated/α-hetero) is 1. The van der Waals surface area contributed by atoms with Crippen molar-refractivity contribution in [2.24, 2.45) is 0 Å². The molecule has 1 N–H and O–H groups in total. The van der Waals surface area contributed by atoms with Crippen LogP contribution in [0.5, 0.6) is 0 Å². The Morgan fingerprint density at radius 2 is 1.56 bits per heavy atom. The second-order valence-corrected chi connectivity index (χ2v) is 14.0. The van der Waals surface area contributed by atoms with Crippen LogP contribution in [0, 0.1) is 0 Å². The summed E-state index contributed by atoms with van der Waals surface area (Å²) in [5.74, 6) is -0.508. The Balaban J connectivity index is 3.08. The number of ketones is 1. The molecule has 1 fully saturated rings. The van der Waals surface area contributed by atoms with Crippen molar-refractivity contribution >= 4 is 27.9 Å². The van der Waals surface area contributed by atoms with Crippen molar-refractivity contribution in [2.45, 2.75) is 102 Å². The predicted molar refractivity (Wildman–Crippen MR) is 110 cm³/mol. The second-order valence-electron chi connectivity index (χ2n) is 8.62. The third kappa shape index (κ3) is 5.65.